The third-order valence-electron chi connectivity index (χ3n) is 6.16. The van der Waals surface area contributed by atoms with Crippen LogP contribution < -0.4 is 14.4 Å². The summed E-state index contributed by atoms with van der Waals surface area (Å²) in [6, 6.07) is 16.3. The first-order chi connectivity index (χ1) is 19.2. The van der Waals surface area contributed by atoms with Gasteiger partial charge >= 0.3 is 6.18 Å². The van der Waals surface area contributed by atoms with Crippen molar-refractivity contribution in [2.45, 2.75) is 50.5 Å². The van der Waals surface area contributed by atoms with Gasteiger partial charge in [0, 0.05) is 12.6 Å². The lowest BCUT2D eigenvalue weighted by atomic mass is 10.1. The molecule has 41 heavy (non-hydrogen) atoms. The van der Waals surface area contributed by atoms with E-state index in [1.165, 1.54) is 49.3 Å². The fourth-order valence-electron chi connectivity index (χ4n) is 4.04. The topological polar surface area (TPSA) is 96.0 Å². The predicted molar refractivity (Wildman–Crippen MR) is 149 cm³/mol. The molecule has 3 aromatic rings. The molecule has 0 aliphatic carbocycles. The molecule has 0 aliphatic rings. The van der Waals surface area contributed by atoms with Crippen LogP contribution in [0.2, 0.25) is 0 Å². The van der Waals surface area contributed by atoms with Crippen molar-refractivity contribution in [3.05, 3.63) is 90.0 Å². The van der Waals surface area contributed by atoms with Crippen molar-refractivity contribution in [1.29, 1.82) is 0 Å². The normalized spacial score (nSPS) is 12.5. The summed E-state index contributed by atoms with van der Waals surface area (Å²) in [5.41, 5.74) is -0.829. The largest absolute Gasteiger partial charge is 0.497 e. The fourth-order valence-corrected chi connectivity index (χ4v) is 5.47. The van der Waals surface area contributed by atoms with Crippen LogP contribution in [-0.2, 0) is 32.3 Å². The first-order valence-corrected chi connectivity index (χ1v) is 14.2. The number of hydrogen-bond acceptors (Lipinski definition) is 5. The second kappa shape index (κ2) is 13.1. The molecule has 3 aromatic carbocycles. The molecular formula is C29H32F3N3O5S. The molecule has 0 bridgehead atoms. The van der Waals surface area contributed by atoms with Gasteiger partial charge in [0.1, 0.15) is 18.3 Å². The maximum Gasteiger partial charge on any atom is 0.416 e. The highest BCUT2D eigenvalue weighted by Gasteiger charge is 2.35. The van der Waals surface area contributed by atoms with E-state index in [1.54, 1.807) is 44.2 Å². The zero-order valence-corrected chi connectivity index (χ0v) is 23.9. The van der Waals surface area contributed by atoms with Crippen molar-refractivity contribution in [1.82, 2.24) is 10.2 Å². The molecule has 3 rings (SSSR count). The van der Waals surface area contributed by atoms with Gasteiger partial charge in [-0.2, -0.15) is 13.2 Å². The maximum atomic E-state index is 13.9. The Balaban J connectivity index is 2.09. The summed E-state index contributed by atoms with van der Waals surface area (Å²) in [6.07, 6.45) is -4.75. The molecule has 0 aromatic heterocycles. The second-order valence-corrected chi connectivity index (χ2v) is 11.4. The van der Waals surface area contributed by atoms with Crippen molar-refractivity contribution in [3.63, 3.8) is 0 Å². The Morgan fingerprint density at radius 2 is 1.59 bits per heavy atom. The van der Waals surface area contributed by atoms with Gasteiger partial charge in [0.25, 0.3) is 10.0 Å². The highest BCUT2D eigenvalue weighted by Crippen LogP contribution is 2.33. The molecule has 0 fully saturated rings. The first kappa shape index (κ1) is 31.5. The molecule has 1 unspecified atom stereocenters. The zero-order chi connectivity index (χ0) is 30.4. The molecule has 0 spiro atoms. The van der Waals surface area contributed by atoms with E-state index in [0.717, 1.165) is 12.1 Å². The summed E-state index contributed by atoms with van der Waals surface area (Å²) in [6.45, 7) is 4.05. The summed E-state index contributed by atoms with van der Waals surface area (Å²) in [5.74, 6) is -0.768. The highest BCUT2D eigenvalue weighted by atomic mass is 32.2. The summed E-state index contributed by atoms with van der Waals surface area (Å²) >= 11 is 0. The number of nitrogens with zero attached hydrogens (tertiary/aromatic N) is 2. The summed E-state index contributed by atoms with van der Waals surface area (Å²) in [4.78, 5) is 27.8. The second-order valence-electron chi connectivity index (χ2n) is 9.59. The Morgan fingerprint density at radius 1 is 0.927 bits per heavy atom. The Labute approximate surface area is 237 Å². The van der Waals surface area contributed by atoms with Gasteiger partial charge in [0.05, 0.1) is 23.3 Å². The molecule has 1 atom stereocenters. The average Bonchev–Trinajstić information content (AvgIpc) is 2.93. The van der Waals surface area contributed by atoms with E-state index in [-0.39, 0.29) is 23.2 Å². The number of hydrogen-bond donors (Lipinski definition) is 1. The van der Waals surface area contributed by atoms with Crippen LogP contribution in [0, 0.1) is 0 Å². The number of anilines is 1. The van der Waals surface area contributed by atoms with Gasteiger partial charge in [0.2, 0.25) is 11.8 Å². The minimum Gasteiger partial charge on any atom is -0.497 e. The van der Waals surface area contributed by atoms with Crippen molar-refractivity contribution in [2.75, 3.05) is 18.0 Å². The number of nitrogens with one attached hydrogen (secondary N) is 1. The molecule has 0 heterocycles. The number of methoxy groups -OCH3 is 1. The fraction of sp³-hybridized carbons (Fsp3) is 0.310. The predicted octanol–water partition coefficient (Wildman–Crippen LogP) is 4.85. The minimum absolute atomic E-state index is 0.0927. The molecule has 0 saturated heterocycles. The van der Waals surface area contributed by atoms with Crippen LogP contribution in [0.3, 0.4) is 0 Å². The standard InChI is InChI=1S/C29H32F3N3O5S/c1-20(2)33-28(37)21(3)34(18-22-10-8-13-25(16-22)40-4)27(36)19-35(41(38,39)26-14-6-5-7-15-26)24-12-9-11-23(17-24)29(30,31)32/h5-17,20-21H,18-19H2,1-4H3,(H,33,37). The Morgan fingerprint density at radius 3 is 2.20 bits per heavy atom. The number of halogens is 3. The van der Waals surface area contributed by atoms with Crippen molar-refractivity contribution >= 4 is 27.5 Å². The smallest absolute Gasteiger partial charge is 0.416 e. The summed E-state index contributed by atoms with van der Waals surface area (Å²) in [5, 5.41) is 2.74. The molecule has 0 aliphatic heterocycles. The van der Waals surface area contributed by atoms with E-state index >= 15 is 0 Å². The van der Waals surface area contributed by atoms with Crippen LogP contribution in [0.1, 0.15) is 31.9 Å². The molecule has 1 N–H and O–H groups in total. The number of carbonyl (C=O) groups excluding carboxylic acids is 2. The number of benzene rings is 3. The SMILES string of the molecule is COc1cccc(CN(C(=O)CN(c2cccc(C(F)(F)F)c2)S(=O)(=O)c2ccccc2)C(C)C(=O)NC(C)C)c1. The molecular weight excluding hydrogens is 559 g/mol. The number of carbonyl (C=O) groups is 2. The number of rotatable bonds is 11. The van der Waals surface area contributed by atoms with Gasteiger partial charge in [-0.25, -0.2) is 8.42 Å². The number of ether oxygens (including phenoxy) is 1. The van der Waals surface area contributed by atoms with Crippen LogP contribution in [0.15, 0.2) is 83.8 Å². The lowest BCUT2D eigenvalue weighted by Crippen LogP contribution is -2.52. The van der Waals surface area contributed by atoms with Gasteiger partial charge in [-0.15, -0.1) is 0 Å². The number of sulfonamides is 1. The Kier molecular flexibility index (Phi) is 10.0. The van der Waals surface area contributed by atoms with Crippen LogP contribution >= 0.6 is 0 Å². The van der Waals surface area contributed by atoms with Gasteiger partial charge in [-0.3, -0.25) is 13.9 Å². The molecule has 0 saturated carbocycles. The van der Waals surface area contributed by atoms with Crippen LogP contribution in [0.4, 0.5) is 18.9 Å². The lowest BCUT2D eigenvalue weighted by molar-refractivity contribution is -0.139. The van der Waals surface area contributed by atoms with Crippen LogP contribution in [0.25, 0.3) is 0 Å². The molecule has 8 nitrogen and oxygen atoms in total. The van der Waals surface area contributed by atoms with E-state index < -0.39 is 46.2 Å². The average molecular weight is 592 g/mol. The van der Waals surface area contributed by atoms with E-state index in [0.29, 0.717) is 21.7 Å². The van der Waals surface area contributed by atoms with Crippen LogP contribution in [0.5, 0.6) is 5.75 Å². The third kappa shape index (κ3) is 8.00. The first-order valence-electron chi connectivity index (χ1n) is 12.7. The van der Waals surface area contributed by atoms with Crippen molar-refractivity contribution in [2.24, 2.45) is 0 Å². The molecule has 2 amide bonds. The minimum atomic E-state index is -4.75. The Bertz CT molecular complexity index is 1460. The quantitative estimate of drug-likeness (QED) is 0.344. The zero-order valence-electron chi connectivity index (χ0n) is 23.1. The monoisotopic (exact) mass is 591 g/mol. The molecule has 0 radical (unpaired) electrons. The van der Waals surface area contributed by atoms with Crippen LogP contribution in [-0.4, -0.2) is 50.9 Å². The summed E-state index contributed by atoms with van der Waals surface area (Å²) < 4.78 is 74.0. The lowest BCUT2D eigenvalue weighted by Gasteiger charge is -2.32. The molecule has 12 heteroatoms. The summed E-state index contributed by atoms with van der Waals surface area (Å²) in [7, 11) is -3.02. The van der Waals surface area contributed by atoms with Gasteiger partial charge in [-0.05, 0) is 68.8 Å². The van der Waals surface area contributed by atoms with Gasteiger partial charge < -0.3 is 15.0 Å². The van der Waals surface area contributed by atoms with E-state index in [9.17, 15) is 31.2 Å². The highest BCUT2D eigenvalue weighted by molar-refractivity contribution is 7.92. The van der Waals surface area contributed by atoms with Crippen molar-refractivity contribution < 1.29 is 35.9 Å². The Hall–Kier alpha value is -4.06. The maximum absolute atomic E-state index is 13.9. The van der Waals surface area contributed by atoms with Gasteiger partial charge in [0.15, 0.2) is 0 Å². The third-order valence-corrected chi connectivity index (χ3v) is 7.94. The van der Waals surface area contributed by atoms with Crippen molar-refractivity contribution in [3.8, 4) is 5.75 Å². The number of alkyl halides is 3. The van der Waals surface area contributed by atoms with Gasteiger partial charge in [-0.1, -0.05) is 36.4 Å². The van der Waals surface area contributed by atoms with E-state index in [4.69, 9.17) is 4.74 Å². The van der Waals surface area contributed by atoms with E-state index in [2.05, 4.69) is 5.32 Å². The van der Waals surface area contributed by atoms with E-state index in [1.807, 2.05) is 0 Å². The number of amides is 2. The molecule has 220 valence electrons.